The third kappa shape index (κ3) is 5.99. The number of rotatable bonds is 6. The highest BCUT2D eigenvalue weighted by atomic mass is 35.5. The largest absolute Gasteiger partial charge is 0.480 e. The van der Waals surface area contributed by atoms with Crippen LogP contribution in [0.15, 0.2) is 46.0 Å². The summed E-state index contributed by atoms with van der Waals surface area (Å²) in [5, 5.41) is 34.7. The lowest BCUT2D eigenvalue weighted by Crippen LogP contribution is -2.51. The van der Waals surface area contributed by atoms with Crippen LogP contribution in [-0.4, -0.2) is 82.1 Å². The van der Waals surface area contributed by atoms with Crippen molar-refractivity contribution in [2.75, 3.05) is 26.2 Å². The summed E-state index contributed by atoms with van der Waals surface area (Å²) in [5.41, 5.74) is 2.35. The Bertz CT molecular complexity index is 1630. The molecule has 0 radical (unpaired) electrons. The molecule has 0 unspecified atom stereocenters. The van der Waals surface area contributed by atoms with E-state index in [2.05, 4.69) is 15.6 Å². The number of carbonyl (C=O) groups is 3. The monoisotopic (exact) mass is 612 g/mol. The van der Waals surface area contributed by atoms with Crippen LogP contribution in [0.5, 0.6) is 0 Å². The number of aliphatic hydroxyl groups excluding tert-OH is 1. The van der Waals surface area contributed by atoms with Gasteiger partial charge in [-0.25, -0.2) is 4.79 Å². The highest BCUT2D eigenvalue weighted by Gasteiger charge is 2.30. The van der Waals surface area contributed by atoms with E-state index in [1.54, 1.807) is 40.5 Å². The number of furan rings is 1. The van der Waals surface area contributed by atoms with Gasteiger partial charge < -0.3 is 35.1 Å². The van der Waals surface area contributed by atoms with Crippen molar-refractivity contribution in [2.24, 2.45) is 4.99 Å². The summed E-state index contributed by atoms with van der Waals surface area (Å²) in [6.07, 6.45) is 3.46. The van der Waals surface area contributed by atoms with Crippen LogP contribution in [0.3, 0.4) is 0 Å². The Balaban J connectivity index is 1.29. The van der Waals surface area contributed by atoms with E-state index in [1.807, 2.05) is 12.1 Å². The van der Waals surface area contributed by atoms with Gasteiger partial charge in [0, 0.05) is 43.7 Å². The van der Waals surface area contributed by atoms with E-state index < -0.39 is 24.0 Å². The Morgan fingerprint density at radius 1 is 1.19 bits per heavy atom. The summed E-state index contributed by atoms with van der Waals surface area (Å²) in [6, 6.07) is 7.21. The summed E-state index contributed by atoms with van der Waals surface area (Å²) >= 11 is 13.1. The molecule has 2 aromatic carbocycles. The van der Waals surface area contributed by atoms with Crippen molar-refractivity contribution in [1.82, 2.24) is 20.4 Å². The number of carboxylic acid groups (broad SMARTS) is 1. The number of halogens is 2. The molecular weight excluding hydrogens is 587 g/mol. The predicted molar refractivity (Wildman–Crippen MR) is 153 cm³/mol. The summed E-state index contributed by atoms with van der Waals surface area (Å²) in [7, 11) is 0. The van der Waals surface area contributed by atoms with E-state index in [0.717, 1.165) is 5.39 Å². The maximum absolute atomic E-state index is 13.2. The molecule has 5 rings (SSSR count). The average Bonchev–Trinajstić information content (AvgIpc) is 3.62. The number of nitriles is 1. The molecule has 0 saturated carbocycles. The van der Waals surface area contributed by atoms with E-state index in [9.17, 15) is 24.6 Å². The van der Waals surface area contributed by atoms with E-state index in [-0.39, 0.29) is 47.1 Å². The predicted octanol–water partition coefficient (Wildman–Crippen LogP) is 2.61. The molecule has 0 aliphatic carbocycles. The Labute approximate surface area is 250 Å². The van der Waals surface area contributed by atoms with Crippen molar-refractivity contribution in [3.63, 3.8) is 0 Å². The minimum atomic E-state index is -1.42. The number of aliphatic carboxylic acids is 1. The maximum Gasteiger partial charge on any atom is 0.328 e. The highest BCUT2D eigenvalue weighted by molar-refractivity contribution is 6.40. The molecule has 1 saturated heterocycles. The topological polar surface area (TPSA) is 172 Å². The molecule has 3 aromatic rings. The van der Waals surface area contributed by atoms with Gasteiger partial charge in [0.2, 0.25) is 12.2 Å². The van der Waals surface area contributed by atoms with Crippen LogP contribution >= 0.6 is 23.2 Å². The van der Waals surface area contributed by atoms with Gasteiger partial charge in [-0.05, 0) is 48.2 Å². The van der Waals surface area contributed by atoms with Crippen molar-refractivity contribution < 1.29 is 29.0 Å². The third-order valence-corrected chi connectivity index (χ3v) is 8.02. The van der Waals surface area contributed by atoms with Gasteiger partial charge in [0.25, 0.3) is 11.8 Å². The Kier molecular flexibility index (Phi) is 8.54. The number of hydrogen-bond acceptors (Lipinski definition) is 7. The van der Waals surface area contributed by atoms with E-state index in [1.165, 1.54) is 0 Å². The molecule has 2 aliphatic heterocycles. The second-order valence-electron chi connectivity index (χ2n) is 10.0. The van der Waals surface area contributed by atoms with Crippen molar-refractivity contribution in [3.8, 4) is 6.19 Å². The molecular formula is C28H26Cl2N6O6. The molecule has 14 heteroatoms. The number of β-amino-alcohol motifs (C(OH)–C–C–N with tert-alkyl or cyclic N) is 1. The molecule has 42 heavy (non-hydrogen) atoms. The molecule has 218 valence electrons. The smallest absolute Gasteiger partial charge is 0.328 e. The summed E-state index contributed by atoms with van der Waals surface area (Å²) in [5.74, 6) is -2.21. The number of nitrogens with zero attached hydrogens (tertiary/aromatic N) is 4. The molecule has 4 N–H and O–H groups in total. The van der Waals surface area contributed by atoms with Gasteiger partial charge in [-0.3, -0.25) is 9.59 Å². The van der Waals surface area contributed by atoms with Gasteiger partial charge in [0.15, 0.2) is 0 Å². The van der Waals surface area contributed by atoms with Gasteiger partial charge in [0.1, 0.15) is 11.6 Å². The molecule has 1 aromatic heterocycles. The first-order valence-electron chi connectivity index (χ1n) is 13.1. The lowest BCUT2D eigenvalue weighted by Gasteiger charge is -2.30. The fourth-order valence-electron chi connectivity index (χ4n) is 5.13. The SMILES string of the molecule is N#C/N=C(\NC[C@H](NC(=O)c1c(Cl)cc2c(c1Cl)CCN(C(=O)c1ccc3ccoc3c1)C2)C(=O)O)N1CC[C@H](O)C1. The first-order valence-corrected chi connectivity index (χ1v) is 13.9. The highest BCUT2D eigenvalue weighted by Crippen LogP contribution is 2.35. The number of aliphatic hydroxyl groups is 1. The van der Waals surface area contributed by atoms with Crippen LogP contribution in [0.2, 0.25) is 10.0 Å². The lowest BCUT2D eigenvalue weighted by molar-refractivity contribution is -0.139. The second kappa shape index (κ2) is 12.3. The van der Waals surface area contributed by atoms with Crippen molar-refractivity contribution in [2.45, 2.75) is 31.5 Å². The number of amides is 2. The van der Waals surface area contributed by atoms with Crippen LogP contribution in [-0.2, 0) is 17.8 Å². The number of hydrogen-bond donors (Lipinski definition) is 4. The molecule has 2 atom stereocenters. The first kappa shape index (κ1) is 29.2. The normalized spacial score (nSPS) is 17.5. The zero-order chi connectivity index (χ0) is 30.0. The lowest BCUT2D eigenvalue weighted by atomic mass is 9.96. The Hall–Kier alpha value is -4.31. The van der Waals surface area contributed by atoms with Gasteiger partial charge in [-0.1, -0.05) is 29.3 Å². The van der Waals surface area contributed by atoms with E-state index >= 15 is 0 Å². The quantitative estimate of drug-likeness (QED) is 0.185. The fraction of sp³-hybridized carbons (Fsp3) is 0.321. The molecule has 2 aliphatic rings. The van der Waals surface area contributed by atoms with E-state index in [4.69, 9.17) is 32.9 Å². The molecule has 2 amide bonds. The molecule has 3 heterocycles. The Morgan fingerprint density at radius 2 is 2.00 bits per heavy atom. The minimum Gasteiger partial charge on any atom is -0.480 e. The first-order chi connectivity index (χ1) is 20.2. The molecule has 0 spiro atoms. The van der Waals surface area contributed by atoms with Crippen LogP contribution in [0.25, 0.3) is 11.0 Å². The van der Waals surface area contributed by atoms with Gasteiger partial charge in [-0.15, -0.1) is 4.99 Å². The fourth-order valence-corrected chi connectivity index (χ4v) is 5.89. The van der Waals surface area contributed by atoms with Crippen molar-refractivity contribution in [1.29, 1.82) is 5.26 Å². The number of fused-ring (bicyclic) bond motifs is 2. The van der Waals surface area contributed by atoms with Gasteiger partial charge >= 0.3 is 5.97 Å². The van der Waals surface area contributed by atoms with E-state index in [0.29, 0.717) is 48.2 Å². The van der Waals surface area contributed by atoms with Crippen LogP contribution in [0.1, 0.15) is 38.3 Å². The number of nitrogens with one attached hydrogen (secondary N) is 2. The maximum atomic E-state index is 13.2. The Morgan fingerprint density at radius 3 is 2.71 bits per heavy atom. The number of aliphatic imine (C=N–C) groups is 1. The molecule has 12 nitrogen and oxygen atoms in total. The van der Waals surface area contributed by atoms with Crippen molar-refractivity contribution in [3.05, 3.63) is 68.9 Å². The standard InChI is InChI=1S/C28H26Cl2N6O6/c29-20-9-17-12-35(26(39)16-2-1-15-5-8-42-22(15)10-16)7-4-19(17)24(30)23(20)25(38)34-21(27(40)41)11-32-28(33-14-31)36-6-3-18(37)13-36/h1-2,5,8-10,18,21,37H,3-4,6-7,11-13H2,(H,32,33)(H,34,38)(H,40,41)/t18-,21-/m0/s1. The minimum absolute atomic E-state index is 0.0115. The summed E-state index contributed by atoms with van der Waals surface area (Å²) in [4.78, 5) is 45.4. The van der Waals surface area contributed by atoms with Crippen LogP contribution in [0.4, 0.5) is 0 Å². The third-order valence-electron chi connectivity index (χ3n) is 7.31. The second-order valence-corrected chi connectivity index (χ2v) is 10.8. The number of carbonyl (C=O) groups excluding carboxylic acids is 2. The zero-order valence-corrected chi connectivity index (χ0v) is 23.7. The average molecular weight is 613 g/mol. The number of benzene rings is 2. The number of likely N-dealkylation sites (tertiary alicyclic amines) is 1. The summed E-state index contributed by atoms with van der Waals surface area (Å²) < 4.78 is 5.41. The van der Waals surface area contributed by atoms with Crippen LogP contribution < -0.4 is 10.6 Å². The number of guanidine groups is 1. The zero-order valence-electron chi connectivity index (χ0n) is 22.1. The molecule has 1 fully saturated rings. The van der Waals surface area contributed by atoms with Crippen LogP contribution in [0, 0.1) is 11.5 Å². The summed E-state index contributed by atoms with van der Waals surface area (Å²) in [6.45, 7) is 0.939. The van der Waals surface area contributed by atoms with Crippen molar-refractivity contribution >= 4 is 57.9 Å². The number of carboxylic acids is 1. The van der Waals surface area contributed by atoms with Gasteiger partial charge in [-0.2, -0.15) is 5.26 Å². The van der Waals surface area contributed by atoms with Gasteiger partial charge in [0.05, 0.1) is 28.0 Å². The molecule has 0 bridgehead atoms.